The van der Waals surface area contributed by atoms with Crippen LogP contribution in [-0.2, 0) is 0 Å². The van der Waals surface area contributed by atoms with Gasteiger partial charge in [-0.25, -0.2) is 0 Å². The van der Waals surface area contributed by atoms with Crippen molar-refractivity contribution in [2.45, 2.75) is 45.8 Å². The highest BCUT2D eigenvalue weighted by molar-refractivity contribution is 5.70. The smallest absolute Gasteiger partial charge is 0.0814 e. The lowest BCUT2D eigenvalue weighted by atomic mass is 9.85. The quantitative estimate of drug-likeness (QED) is 0.689. The highest BCUT2D eigenvalue weighted by atomic mass is 16.3. The van der Waals surface area contributed by atoms with Gasteiger partial charge in [-0.15, -0.1) is 0 Å². The normalized spacial score (nSPS) is 12.6. The Kier molecular flexibility index (Phi) is 3.20. The summed E-state index contributed by atoms with van der Waals surface area (Å²) in [5.74, 6) is 0. The van der Waals surface area contributed by atoms with E-state index in [-0.39, 0.29) is 0 Å². The number of hydrogen-bond acceptors (Lipinski definition) is 3. The highest BCUT2D eigenvalue weighted by Gasteiger charge is 2.35. The van der Waals surface area contributed by atoms with Crippen molar-refractivity contribution in [1.29, 1.82) is 0 Å². The van der Waals surface area contributed by atoms with Gasteiger partial charge in [0, 0.05) is 0 Å². The minimum absolute atomic E-state index is 0.449. The largest absolute Gasteiger partial charge is 0.397 e. The third kappa shape index (κ3) is 2.47. The van der Waals surface area contributed by atoms with Gasteiger partial charge in [-0.1, -0.05) is 12.1 Å². The Morgan fingerprint density at radius 1 is 1.19 bits per heavy atom. The van der Waals surface area contributed by atoms with Crippen molar-refractivity contribution < 1.29 is 5.11 Å². The van der Waals surface area contributed by atoms with Crippen LogP contribution in [0, 0.1) is 6.92 Å². The van der Waals surface area contributed by atoms with Crippen molar-refractivity contribution in [2.75, 3.05) is 11.1 Å². The van der Waals surface area contributed by atoms with E-state index >= 15 is 0 Å². The lowest BCUT2D eigenvalue weighted by Crippen LogP contribution is -2.51. The minimum atomic E-state index is -0.830. The molecular formula is C13H22N2O. The van der Waals surface area contributed by atoms with Gasteiger partial charge in [0.2, 0.25) is 0 Å². The van der Waals surface area contributed by atoms with E-state index in [4.69, 9.17) is 5.73 Å². The van der Waals surface area contributed by atoms with E-state index in [1.54, 1.807) is 13.8 Å². The second-order valence-electron chi connectivity index (χ2n) is 5.35. The number of nitrogen functional groups attached to an aromatic ring is 1. The molecule has 3 nitrogen and oxygen atoms in total. The van der Waals surface area contributed by atoms with Gasteiger partial charge >= 0.3 is 0 Å². The topological polar surface area (TPSA) is 58.3 Å². The fourth-order valence-electron chi connectivity index (χ4n) is 1.28. The summed E-state index contributed by atoms with van der Waals surface area (Å²) in [5, 5.41) is 13.4. The van der Waals surface area contributed by atoms with Crippen LogP contribution in [0.15, 0.2) is 18.2 Å². The first-order valence-corrected chi connectivity index (χ1v) is 5.51. The van der Waals surface area contributed by atoms with Crippen molar-refractivity contribution >= 4 is 11.4 Å². The molecule has 0 amide bonds. The summed E-state index contributed by atoms with van der Waals surface area (Å²) in [4.78, 5) is 0. The Labute approximate surface area is 97.7 Å². The highest BCUT2D eigenvalue weighted by Crippen LogP contribution is 2.30. The molecule has 0 unspecified atom stereocenters. The van der Waals surface area contributed by atoms with Crippen molar-refractivity contribution in [3.8, 4) is 0 Å². The number of aryl methyl sites for hydroxylation is 1. The molecule has 0 spiro atoms. The van der Waals surface area contributed by atoms with Gasteiger partial charge in [0.1, 0.15) is 0 Å². The first-order chi connectivity index (χ1) is 7.15. The average Bonchev–Trinajstić information content (AvgIpc) is 2.11. The van der Waals surface area contributed by atoms with E-state index in [0.29, 0.717) is 0 Å². The number of anilines is 2. The second-order valence-corrected chi connectivity index (χ2v) is 5.35. The third-order valence-corrected chi connectivity index (χ3v) is 3.30. The van der Waals surface area contributed by atoms with Crippen LogP contribution in [0.25, 0.3) is 0 Å². The van der Waals surface area contributed by atoms with Gasteiger partial charge in [-0.3, -0.25) is 0 Å². The standard InChI is InChI=1S/C13H22N2O/c1-9-7-6-8-10(11(9)14)15-12(2,3)13(4,5)16/h6-8,15-16H,14H2,1-5H3. The summed E-state index contributed by atoms with van der Waals surface area (Å²) >= 11 is 0. The molecule has 0 saturated heterocycles. The predicted molar refractivity (Wildman–Crippen MR) is 69.6 cm³/mol. The third-order valence-electron chi connectivity index (χ3n) is 3.30. The molecule has 90 valence electrons. The zero-order chi connectivity index (χ0) is 12.6. The fraction of sp³-hybridized carbons (Fsp3) is 0.538. The SMILES string of the molecule is Cc1cccc(NC(C)(C)C(C)(C)O)c1N. The molecule has 1 aromatic rings. The Morgan fingerprint density at radius 3 is 2.25 bits per heavy atom. The monoisotopic (exact) mass is 222 g/mol. The zero-order valence-electron chi connectivity index (χ0n) is 10.8. The molecule has 0 aliphatic heterocycles. The van der Waals surface area contributed by atoms with E-state index in [0.717, 1.165) is 16.9 Å². The van der Waals surface area contributed by atoms with Crippen molar-refractivity contribution in [1.82, 2.24) is 0 Å². The number of rotatable bonds is 3. The summed E-state index contributed by atoms with van der Waals surface area (Å²) in [5.41, 5.74) is 7.35. The van der Waals surface area contributed by atoms with E-state index in [9.17, 15) is 5.11 Å². The van der Waals surface area contributed by atoms with Gasteiger partial charge in [0.25, 0.3) is 0 Å². The molecule has 0 bridgehead atoms. The maximum Gasteiger partial charge on any atom is 0.0814 e. The van der Waals surface area contributed by atoms with Crippen LogP contribution >= 0.6 is 0 Å². The van der Waals surface area contributed by atoms with Crippen molar-refractivity contribution in [3.05, 3.63) is 23.8 Å². The van der Waals surface area contributed by atoms with Crippen molar-refractivity contribution in [2.24, 2.45) is 0 Å². The lowest BCUT2D eigenvalue weighted by molar-refractivity contribution is 0.0241. The van der Waals surface area contributed by atoms with Crippen LogP contribution in [0.3, 0.4) is 0 Å². The molecule has 4 N–H and O–H groups in total. The molecule has 0 aliphatic rings. The van der Waals surface area contributed by atoms with E-state index < -0.39 is 11.1 Å². The number of hydrogen-bond donors (Lipinski definition) is 3. The molecule has 1 aromatic carbocycles. The summed E-state index contributed by atoms with van der Waals surface area (Å²) in [7, 11) is 0. The summed E-state index contributed by atoms with van der Waals surface area (Å²) in [6.07, 6.45) is 0. The van der Waals surface area contributed by atoms with Crippen LogP contribution in [-0.4, -0.2) is 16.2 Å². The lowest BCUT2D eigenvalue weighted by Gasteiger charge is -2.39. The summed E-state index contributed by atoms with van der Waals surface area (Å²) in [6, 6.07) is 5.85. The summed E-state index contributed by atoms with van der Waals surface area (Å²) < 4.78 is 0. The van der Waals surface area contributed by atoms with E-state index in [2.05, 4.69) is 5.32 Å². The average molecular weight is 222 g/mol. The number of aliphatic hydroxyl groups is 1. The van der Waals surface area contributed by atoms with Gasteiger partial charge in [-0.05, 0) is 46.2 Å². The minimum Gasteiger partial charge on any atom is -0.397 e. The molecule has 0 heterocycles. The van der Waals surface area contributed by atoms with Crippen LogP contribution in [0.5, 0.6) is 0 Å². The van der Waals surface area contributed by atoms with Gasteiger partial charge in [0.15, 0.2) is 0 Å². The first-order valence-electron chi connectivity index (χ1n) is 5.51. The van der Waals surface area contributed by atoms with Crippen LogP contribution < -0.4 is 11.1 Å². The second kappa shape index (κ2) is 3.98. The molecule has 16 heavy (non-hydrogen) atoms. The molecule has 0 aromatic heterocycles. The van der Waals surface area contributed by atoms with Gasteiger partial charge < -0.3 is 16.2 Å². The Morgan fingerprint density at radius 2 is 1.75 bits per heavy atom. The molecule has 3 heteroatoms. The molecular weight excluding hydrogens is 200 g/mol. The maximum absolute atomic E-state index is 10.1. The Hall–Kier alpha value is -1.22. The van der Waals surface area contributed by atoms with Crippen LogP contribution in [0.1, 0.15) is 33.3 Å². The molecule has 1 rings (SSSR count). The zero-order valence-corrected chi connectivity index (χ0v) is 10.8. The number of nitrogens with two attached hydrogens (primary N) is 1. The molecule has 0 saturated carbocycles. The Bertz CT molecular complexity index is 378. The van der Waals surface area contributed by atoms with Crippen LogP contribution in [0.4, 0.5) is 11.4 Å². The number of para-hydroxylation sites is 1. The van der Waals surface area contributed by atoms with E-state index in [1.165, 1.54) is 0 Å². The van der Waals surface area contributed by atoms with Gasteiger partial charge in [0.05, 0.1) is 22.5 Å². The van der Waals surface area contributed by atoms with E-state index in [1.807, 2.05) is 39.0 Å². The molecule has 0 fully saturated rings. The molecule has 0 radical (unpaired) electrons. The number of nitrogens with one attached hydrogen (secondary N) is 1. The maximum atomic E-state index is 10.1. The number of benzene rings is 1. The Balaban J connectivity index is 3.02. The molecule has 0 aliphatic carbocycles. The van der Waals surface area contributed by atoms with Crippen molar-refractivity contribution in [3.63, 3.8) is 0 Å². The summed E-state index contributed by atoms with van der Waals surface area (Å²) in [6.45, 7) is 9.44. The molecule has 0 atom stereocenters. The first kappa shape index (κ1) is 12.8. The van der Waals surface area contributed by atoms with Gasteiger partial charge in [-0.2, -0.15) is 0 Å². The predicted octanol–water partition coefficient (Wildman–Crippen LogP) is 2.54. The van der Waals surface area contributed by atoms with Crippen LogP contribution in [0.2, 0.25) is 0 Å². The fourth-order valence-corrected chi connectivity index (χ4v) is 1.28.